The number of rotatable bonds is 4. The molecular formula is C18H18N4O3S. The van der Waals surface area contributed by atoms with Crippen molar-refractivity contribution in [3.63, 3.8) is 0 Å². The fourth-order valence-corrected chi connectivity index (χ4v) is 4.09. The van der Waals surface area contributed by atoms with Crippen LogP contribution in [0.3, 0.4) is 0 Å². The van der Waals surface area contributed by atoms with Crippen LogP contribution < -0.4 is 14.8 Å². The van der Waals surface area contributed by atoms with Gasteiger partial charge in [-0.05, 0) is 31.0 Å². The number of carbonyl (C=O) groups excluding carboxylic acids is 1. The molecule has 1 aliphatic carbocycles. The molecule has 26 heavy (non-hydrogen) atoms. The molecule has 1 N–H and O–H groups in total. The summed E-state index contributed by atoms with van der Waals surface area (Å²) in [5.74, 6) is 0.861. The lowest BCUT2D eigenvalue weighted by molar-refractivity contribution is 0.102. The van der Waals surface area contributed by atoms with E-state index in [1.807, 2.05) is 17.9 Å². The molecule has 2 heterocycles. The molecule has 2 aromatic heterocycles. The number of aryl methyl sites for hydroxylation is 2. The van der Waals surface area contributed by atoms with Crippen LogP contribution in [-0.2, 0) is 19.9 Å². The first-order chi connectivity index (χ1) is 12.6. The molecule has 0 bridgehead atoms. The lowest BCUT2D eigenvalue weighted by atomic mass is 10.0. The van der Waals surface area contributed by atoms with Gasteiger partial charge in [-0.15, -0.1) is 11.3 Å². The number of nitrogens with zero attached hydrogens (tertiary/aromatic N) is 3. The SMILES string of the molecule is COc1ccc(C(=O)Nc2nc3c(s2)CCc2c-3cnn2C)cc1OC. The zero-order chi connectivity index (χ0) is 18.3. The number of thiazole rings is 1. The molecule has 0 spiro atoms. The number of nitrogens with one attached hydrogen (secondary N) is 1. The molecule has 0 aliphatic heterocycles. The second-order valence-electron chi connectivity index (χ2n) is 5.94. The number of carbonyl (C=O) groups is 1. The van der Waals surface area contributed by atoms with Crippen LogP contribution in [0.25, 0.3) is 11.3 Å². The Hall–Kier alpha value is -2.87. The topological polar surface area (TPSA) is 78.3 Å². The van der Waals surface area contributed by atoms with E-state index in [4.69, 9.17) is 9.47 Å². The van der Waals surface area contributed by atoms with Crippen molar-refractivity contribution in [2.75, 3.05) is 19.5 Å². The van der Waals surface area contributed by atoms with Gasteiger partial charge in [0.1, 0.15) is 0 Å². The van der Waals surface area contributed by atoms with Gasteiger partial charge in [-0.1, -0.05) is 0 Å². The van der Waals surface area contributed by atoms with Crippen molar-refractivity contribution < 1.29 is 14.3 Å². The van der Waals surface area contributed by atoms with E-state index in [-0.39, 0.29) is 5.91 Å². The maximum atomic E-state index is 12.6. The average molecular weight is 370 g/mol. The van der Waals surface area contributed by atoms with Crippen molar-refractivity contribution in [2.45, 2.75) is 12.8 Å². The van der Waals surface area contributed by atoms with Crippen LogP contribution in [0.15, 0.2) is 24.4 Å². The standard InChI is InChI=1S/C18H18N4O3S/c1-22-12-5-7-15-16(11(12)9-19-22)20-18(26-15)21-17(23)10-4-6-13(24-2)14(8-10)25-3/h4,6,8-9H,5,7H2,1-3H3,(H,20,21,23). The van der Waals surface area contributed by atoms with Crippen LogP contribution in [0.1, 0.15) is 20.9 Å². The second-order valence-corrected chi connectivity index (χ2v) is 7.03. The van der Waals surface area contributed by atoms with Gasteiger partial charge in [0, 0.05) is 28.7 Å². The first-order valence-corrected chi connectivity index (χ1v) is 8.96. The van der Waals surface area contributed by atoms with Gasteiger partial charge in [0.25, 0.3) is 5.91 Å². The van der Waals surface area contributed by atoms with Gasteiger partial charge in [-0.25, -0.2) is 4.98 Å². The van der Waals surface area contributed by atoms with Crippen LogP contribution in [0.2, 0.25) is 0 Å². The summed E-state index contributed by atoms with van der Waals surface area (Å²) in [4.78, 5) is 18.4. The predicted octanol–water partition coefficient (Wildman–Crippen LogP) is 2.91. The molecule has 0 radical (unpaired) electrons. The summed E-state index contributed by atoms with van der Waals surface area (Å²) in [6.45, 7) is 0. The molecule has 1 aromatic carbocycles. The fraction of sp³-hybridized carbons (Fsp3) is 0.278. The lowest BCUT2D eigenvalue weighted by Crippen LogP contribution is -2.12. The number of aromatic nitrogens is 3. The summed E-state index contributed by atoms with van der Waals surface area (Å²) in [5, 5.41) is 7.79. The van der Waals surface area contributed by atoms with Gasteiger partial charge in [-0.2, -0.15) is 5.10 Å². The van der Waals surface area contributed by atoms with Crippen LogP contribution in [0, 0.1) is 0 Å². The molecule has 0 fully saturated rings. The minimum Gasteiger partial charge on any atom is -0.493 e. The van der Waals surface area contributed by atoms with Gasteiger partial charge in [0.15, 0.2) is 16.6 Å². The molecule has 3 aromatic rings. The molecule has 8 heteroatoms. The highest BCUT2D eigenvalue weighted by molar-refractivity contribution is 7.16. The molecular weight excluding hydrogens is 352 g/mol. The number of methoxy groups -OCH3 is 2. The summed E-state index contributed by atoms with van der Waals surface area (Å²) in [7, 11) is 5.04. The minimum absolute atomic E-state index is 0.233. The lowest BCUT2D eigenvalue weighted by Gasteiger charge is -2.10. The highest BCUT2D eigenvalue weighted by atomic mass is 32.1. The average Bonchev–Trinajstić information content (AvgIpc) is 3.24. The van der Waals surface area contributed by atoms with E-state index >= 15 is 0 Å². The Kier molecular flexibility index (Phi) is 4.12. The number of amides is 1. The zero-order valence-electron chi connectivity index (χ0n) is 14.7. The predicted molar refractivity (Wildman–Crippen MR) is 99.2 cm³/mol. The Morgan fingerprint density at radius 2 is 2.04 bits per heavy atom. The molecule has 0 atom stereocenters. The Bertz CT molecular complexity index is 992. The van der Waals surface area contributed by atoms with Crippen molar-refractivity contribution in [1.29, 1.82) is 0 Å². The van der Waals surface area contributed by atoms with E-state index in [1.54, 1.807) is 32.4 Å². The molecule has 0 saturated heterocycles. The Morgan fingerprint density at radius 1 is 1.23 bits per heavy atom. The second kappa shape index (κ2) is 6.45. The molecule has 4 rings (SSSR count). The van der Waals surface area contributed by atoms with Crippen molar-refractivity contribution in [3.05, 3.63) is 40.5 Å². The monoisotopic (exact) mass is 370 g/mol. The Morgan fingerprint density at radius 3 is 2.81 bits per heavy atom. The van der Waals surface area contributed by atoms with Gasteiger partial charge in [0.2, 0.25) is 0 Å². The number of hydrogen-bond donors (Lipinski definition) is 1. The quantitative estimate of drug-likeness (QED) is 0.764. The third kappa shape index (κ3) is 2.72. The number of ether oxygens (including phenoxy) is 2. The first-order valence-electron chi connectivity index (χ1n) is 8.15. The highest BCUT2D eigenvalue weighted by Crippen LogP contribution is 2.38. The molecule has 0 unspecified atom stereocenters. The van der Waals surface area contributed by atoms with Crippen LogP contribution in [0.4, 0.5) is 5.13 Å². The van der Waals surface area contributed by atoms with E-state index in [0.717, 1.165) is 24.1 Å². The maximum absolute atomic E-state index is 12.6. The van der Waals surface area contributed by atoms with Crippen molar-refractivity contribution in [3.8, 4) is 22.8 Å². The van der Waals surface area contributed by atoms with E-state index in [0.29, 0.717) is 22.2 Å². The molecule has 134 valence electrons. The summed E-state index contributed by atoms with van der Waals surface area (Å²) >= 11 is 1.51. The van der Waals surface area contributed by atoms with Crippen molar-refractivity contribution in [2.24, 2.45) is 7.05 Å². The number of benzene rings is 1. The summed E-state index contributed by atoms with van der Waals surface area (Å²) < 4.78 is 12.4. The highest BCUT2D eigenvalue weighted by Gasteiger charge is 2.24. The van der Waals surface area contributed by atoms with Gasteiger partial charge < -0.3 is 9.47 Å². The Balaban J connectivity index is 1.59. The molecule has 1 amide bonds. The van der Waals surface area contributed by atoms with E-state index in [1.165, 1.54) is 21.9 Å². The normalized spacial score (nSPS) is 12.3. The third-order valence-corrected chi connectivity index (χ3v) is 5.50. The van der Waals surface area contributed by atoms with E-state index in [2.05, 4.69) is 15.4 Å². The smallest absolute Gasteiger partial charge is 0.257 e. The van der Waals surface area contributed by atoms with Crippen LogP contribution >= 0.6 is 11.3 Å². The summed E-state index contributed by atoms with van der Waals surface area (Å²) in [6.07, 6.45) is 3.68. The summed E-state index contributed by atoms with van der Waals surface area (Å²) in [5.41, 5.74) is 3.64. The molecule has 1 aliphatic rings. The largest absolute Gasteiger partial charge is 0.493 e. The van der Waals surface area contributed by atoms with Crippen molar-refractivity contribution >= 4 is 22.4 Å². The maximum Gasteiger partial charge on any atom is 0.257 e. The van der Waals surface area contributed by atoms with E-state index in [9.17, 15) is 4.79 Å². The fourth-order valence-electron chi connectivity index (χ4n) is 3.12. The number of fused-ring (bicyclic) bond motifs is 3. The van der Waals surface area contributed by atoms with E-state index < -0.39 is 0 Å². The van der Waals surface area contributed by atoms with Gasteiger partial charge in [-0.3, -0.25) is 14.8 Å². The summed E-state index contributed by atoms with van der Waals surface area (Å²) in [6, 6.07) is 5.06. The number of hydrogen-bond acceptors (Lipinski definition) is 6. The number of anilines is 1. The van der Waals surface area contributed by atoms with Gasteiger partial charge in [0.05, 0.1) is 26.1 Å². The molecule has 7 nitrogen and oxygen atoms in total. The van der Waals surface area contributed by atoms with Gasteiger partial charge >= 0.3 is 0 Å². The zero-order valence-corrected chi connectivity index (χ0v) is 15.5. The first kappa shape index (κ1) is 16.6. The third-order valence-electron chi connectivity index (χ3n) is 4.47. The molecule has 0 saturated carbocycles. The van der Waals surface area contributed by atoms with Crippen molar-refractivity contribution in [1.82, 2.24) is 14.8 Å². The minimum atomic E-state index is -0.233. The van der Waals surface area contributed by atoms with Crippen LogP contribution in [-0.4, -0.2) is 34.9 Å². The Labute approximate surface area is 154 Å². The van der Waals surface area contributed by atoms with Crippen LogP contribution in [0.5, 0.6) is 11.5 Å².